The van der Waals surface area contributed by atoms with E-state index < -0.39 is 21.7 Å². The Morgan fingerprint density at radius 2 is 1.85 bits per heavy atom. The third kappa shape index (κ3) is 5.53. The zero-order valence-electron chi connectivity index (χ0n) is 14.5. The highest BCUT2D eigenvalue weighted by Gasteiger charge is 2.19. The van der Waals surface area contributed by atoms with Crippen molar-refractivity contribution < 1.29 is 22.7 Å². The first kappa shape index (κ1) is 19.9. The van der Waals surface area contributed by atoms with Gasteiger partial charge < -0.3 is 10.1 Å². The Hall–Kier alpha value is -2.46. The van der Waals surface area contributed by atoms with Gasteiger partial charge in [0.15, 0.2) is 15.0 Å². The van der Waals surface area contributed by atoms with Gasteiger partial charge in [0.25, 0.3) is 0 Å². The summed E-state index contributed by atoms with van der Waals surface area (Å²) in [6.45, 7) is 4.45. The molecule has 0 unspecified atom stereocenters. The SMILES string of the molecule is CC(C)COc1ccccc1NC(=O)C(=O)Nc1ncc(S(C)(=O)=O)s1. The van der Waals surface area contributed by atoms with Crippen LogP contribution in [0.1, 0.15) is 13.8 Å². The number of hydrogen-bond acceptors (Lipinski definition) is 7. The van der Waals surface area contributed by atoms with E-state index in [1.54, 1.807) is 24.3 Å². The summed E-state index contributed by atoms with van der Waals surface area (Å²) in [7, 11) is -3.42. The van der Waals surface area contributed by atoms with Crippen molar-refractivity contribution in [3.63, 3.8) is 0 Å². The number of sulfone groups is 1. The maximum Gasteiger partial charge on any atom is 0.315 e. The second kappa shape index (κ2) is 8.28. The molecule has 0 fully saturated rings. The van der Waals surface area contributed by atoms with Gasteiger partial charge in [-0.15, -0.1) is 0 Å². The zero-order chi connectivity index (χ0) is 19.3. The monoisotopic (exact) mass is 397 g/mol. The van der Waals surface area contributed by atoms with Gasteiger partial charge in [0.1, 0.15) is 9.96 Å². The summed E-state index contributed by atoms with van der Waals surface area (Å²) in [5, 5.41) is 4.77. The first-order valence-corrected chi connectivity index (χ1v) is 10.4. The van der Waals surface area contributed by atoms with Crippen LogP contribution in [-0.2, 0) is 19.4 Å². The third-order valence-electron chi connectivity index (χ3n) is 2.98. The van der Waals surface area contributed by atoms with Crippen molar-refractivity contribution in [1.29, 1.82) is 0 Å². The maximum absolute atomic E-state index is 12.1. The number of rotatable bonds is 6. The summed E-state index contributed by atoms with van der Waals surface area (Å²) in [6.07, 6.45) is 2.16. The maximum atomic E-state index is 12.1. The Balaban J connectivity index is 2.03. The molecule has 2 rings (SSSR count). The van der Waals surface area contributed by atoms with Gasteiger partial charge in [0.05, 0.1) is 18.5 Å². The van der Waals surface area contributed by atoms with E-state index in [0.29, 0.717) is 24.0 Å². The molecule has 1 aromatic carbocycles. The molecule has 1 heterocycles. The number of nitrogens with zero attached hydrogens (tertiary/aromatic N) is 1. The number of anilines is 2. The van der Waals surface area contributed by atoms with Crippen molar-refractivity contribution in [2.75, 3.05) is 23.5 Å². The second-order valence-corrected chi connectivity index (χ2v) is 9.14. The minimum atomic E-state index is -3.42. The lowest BCUT2D eigenvalue weighted by molar-refractivity contribution is -0.133. The van der Waals surface area contributed by atoms with Crippen molar-refractivity contribution in [3.05, 3.63) is 30.5 Å². The molecule has 26 heavy (non-hydrogen) atoms. The van der Waals surface area contributed by atoms with Crippen LogP contribution >= 0.6 is 11.3 Å². The predicted octanol–water partition coefficient (Wildman–Crippen LogP) is 2.16. The quantitative estimate of drug-likeness (QED) is 0.722. The fourth-order valence-electron chi connectivity index (χ4n) is 1.77. The molecular formula is C16H19N3O5S2. The topological polar surface area (TPSA) is 114 Å². The summed E-state index contributed by atoms with van der Waals surface area (Å²) in [6, 6.07) is 6.77. The van der Waals surface area contributed by atoms with Gasteiger partial charge in [0, 0.05) is 6.26 Å². The minimum absolute atomic E-state index is 0.000592. The summed E-state index contributed by atoms with van der Waals surface area (Å²) in [4.78, 5) is 27.9. The molecule has 0 bridgehead atoms. The fraction of sp³-hybridized carbons (Fsp3) is 0.312. The van der Waals surface area contributed by atoms with E-state index in [1.165, 1.54) is 0 Å². The highest BCUT2D eigenvalue weighted by molar-refractivity contribution is 7.92. The number of para-hydroxylation sites is 2. The van der Waals surface area contributed by atoms with E-state index in [0.717, 1.165) is 23.8 Å². The molecule has 1 aromatic heterocycles. The normalized spacial score (nSPS) is 11.2. The van der Waals surface area contributed by atoms with Crippen molar-refractivity contribution in [2.24, 2.45) is 5.92 Å². The van der Waals surface area contributed by atoms with Crippen molar-refractivity contribution >= 4 is 43.8 Å². The van der Waals surface area contributed by atoms with E-state index in [-0.39, 0.29) is 9.34 Å². The molecule has 2 amide bonds. The molecule has 10 heteroatoms. The fourth-order valence-corrected chi connectivity index (χ4v) is 3.41. The van der Waals surface area contributed by atoms with Gasteiger partial charge in [-0.05, 0) is 18.1 Å². The van der Waals surface area contributed by atoms with Crippen LogP contribution in [0.15, 0.2) is 34.7 Å². The first-order chi connectivity index (χ1) is 12.2. The van der Waals surface area contributed by atoms with E-state index >= 15 is 0 Å². The van der Waals surface area contributed by atoms with Gasteiger partial charge in [0.2, 0.25) is 0 Å². The molecule has 140 valence electrons. The molecule has 0 radical (unpaired) electrons. The van der Waals surface area contributed by atoms with Crippen LogP contribution < -0.4 is 15.4 Å². The minimum Gasteiger partial charge on any atom is -0.491 e. The van der Waals surface area contributed by atoms with Crippen LogP contribution in [0.2, 0.25) is 0 Å². The average Bonchev–Trinajstić information content (AvgIpc) is 3.02. The molecule has 0 saturated heterocycles. The molecule has 0 saturated carbocycles. The molecule has 0 aliphatic heterocycles. The van der Waals surface area contributed by atoms with Gasteiger partial charge in [-0.1, -0.05) is 37.3 Å². The standard InChI is InChI=1S/C16H19N3O5S2/c1-10(2)9-24-12-7-5-4-6-11(12)18-14(20)15(21)19-16-17-8-13(25-16)26(3,22)23/h4-8,10H,9H2,1-3H3,(H,18,20)(H,17,19,21). The predicted molar refractivity (Wildman–Crippen MR) is 99.3 cm³/mol. The van der Waals surface area contributed by atoms with Crippen LogP contribution in [0.3, 0.4) is 0 Å². The first-order valence-electron chi connectivity index (χ1n) is 7.67. The Morgan fingerprint density at radius 1 is 1.19 bits per heavy atom. The van der Waals surface area contributed by atoms with Gasteiger partial charge in [-0.3, -0.25) is 14.9 Å². The molecule has 0 atom stereocenters. The highest BCUT2D eigenvalue weighted by Crippen LogP contribution is 2.25. The number of amides is 2. The molecule has 0 aliphatic rings. The molecule has 0 spiro atoms. The number of aromatic nitrogens is 1. The lowest BCUT2D eigenvalue weighted by Crippen LogP contribution is -2.29. The van der Waals surface area contributed by atoms with Crippen LogP contribution in [0.25, 0.3) is 0 Å². The molecular weight excluding hydrogens is 378 g/mol. The summed E-state index contributed by atoms with van der Waals surface area (Å²) in [5.41, 5.74) is 0.365. The number of ether oxygens (including phenoxy) is 1. The van der Waals surface area contributed by atoms with E-state index in [1.807, 2.05) is 13.8 Å². The summed E-state index contributed by atoms with van der Waals surface area (Å²) in [5.74, 6) is -1.12. The zero-order valence-corrected chi connectivity index (χ0v) is 16.1. The average molecular weight is 397 g/mol. The Labute approximate surface area is 155 Å². The molecule has 2 N–H and O–H groups in total. The number of thiazole rings is 1. The summed E-state index contributed by atoms with van der Waals surface area (Å²) >= 11 is 0.771. The number of carbonyl (C=O) groups excluding carboxylic acids is 2. The smallest absolute Gasteiger partial charge is 0.315 e. The van der Waals surface area contributed by atoms with Gasteiger partial charge >= 0.3 is 11.8 Å². The number of benzene rings is 1. The van der Waals surface area contributed by atoms with Crippen LogP contribution in [0.5, 0.6) is 5.75 Å². The molecule has 2 aromatic rings. The van der Waals surface area contributed by atoms with E-state index in [4.69, 9.17) is 4.74 Å². The number of carbonyl (C=O) groups is 2. The van der Waals surface area contributed by atoms with Gasteiger partial charge in [-0.25, -0.2) is 13.4 Å². The number of hydrogen-bond donors (Lipinski definition) is 2. The van der Waals surface area contributed by atoms with Crippen LogP contribution in [0, 0.1) is 5.92 Å². The van der Waals surface area contributed by atoms with E-state index in [2.05, 4.69) is 15.6 Å². The Morgan fingerprint density at radius 3 is 2.46 bits per heavy atom. The number of nitrogens with one attached hydrogen (secondary N) is 2. The largest absolute Gasteiger partial charge is 0.491 e. The highest BCUT2D eigenvalue weighted by atomic mass is 32.2. The van der Waals surface area contributed by atoms with Crippen molar-refractivity contribution in [1.82, 2.24) is 4.98 Å². The Bertz CT molecular complexity index is 906. The van der Waals surface area contributed by atoms with Crippen molar-refractivity contribution in [3.8, 4) is 5.75 Å². The van der Waals surface area contributed by atoms with E-state index in [9.17, 15) is 18.0 Å². The summed E-state index contributed by atoms with van der Waals surface area (Å²) < 4.78 is 28.5. The lowest BCUT2D eigenvalue weighted by Gasteiger charge is -2.13. The molecule has 0 aliphatic carbocycles. The van der Waals surface area contributed by atoms with Crippen LogP contribution in [-0.4, -0.2) is 38.1 Å². The lowest BCUT2D eigenvalue weighted by atomic mass is 10.2. The van der Waals surface area contributed by atoms with Crippen molar-refractivity contribution in [2.45, 2.75) is 18.1 Å². The van der Waals surface area contributed by atoms with Gasteiger partial charge in [-0.2, -0.15) is 0 Å². The molecule has 8 nitrogen and oxygen atoms in total. The van der Waals surface area contributed by atoms with Crippen LogP contribution in [0.4, 0.5) is 10.8 Å². The second-order valence-electron chi connectivity index (χ2n) is 5.87. The Kier molecular flexibility index (Phi) is 6.32. The third-order valence-corrected chi connectivity index (χ3v) is 5.69.